The fourth-order valence-corrected chi connectivity index (χ4v) is 4.05. The van der Waals surface area contributed by atoms with Crippen LogP contribution in [-0.4, -0.2) is 46.9 Å². The molecule has 2 atom stereocenters. The summed E-state index contributed by atoms with van der Waals surface area (Å²) in [6.45, 7) is 1.30. The number of amides is 2. The lowest BCUT2D eigenvalue weighted by atomic mass is 9.80. The quantitative estimate of drug-likeness (QED) is 0.781. The van der Waals surface area contributed by atoms with Gasteiger partial charge in [-0.05, 0) is 38.5 Å². The summed E-state index contributed by atoms with van der Waals surface area (Å²) in [4.78, 5) is 37.3. The van der Waals surface area contributed by atoms with E-state index >= 15 is 0 Å². The molecule has 2 heterocycles. The van der Waals surface area contributed by atoms with Crippen molar-refractivity contribution in [2.45, 2.75) is 44.6 Å². The molecular weight excluding hydrogens is 272 g/mol. The second kappa shape index (κ2) is 5.66. The van der Waals surface area contributed by atoms with Crippen LogP contribution in [0.5, 0.6) is 0 Å². The van der Waals surface area contributed by atoms with E-state index in [9.17, 15) is 14.4 Å². The van der Waals surface area contributed by atoms with Crippen molar-refractivity contribution in [2.24, 2.45) is 17.8 Å². The summed E-state index contributed by atoms with van der Waals surface area (Å²) >= 11 is 0. The molecule has 0 aromatic heterocycles. The van der Waals surface area contributed by atoms with Crippen molar-refractivity contribution in [1.82, 2.24) is 10.2 Å². The van der Waals surface area contributed by atoms with Gasteiger partial charge in [0.25, 0.3) is 0 Å². The van der Waals surface area contributed by atoms with Crippen LogP contribution in [-0.2, 0) is 14.4 Å². The first-order valence-corrected chi connectivity index (χ1v) is 7.89. The predicted octanol–water partition coefficient (Wildman–Crippen LogP) is 0.614. The van der Waals surface area contributed by atoms with Crippen LogP contribution in [0.25, 0.3) is 0 Å². The summed E-state index contributed by atoms with van der Waals surface area (Å²) < 4.78 is 0. The topological polar surface area (TPSA) is 86.7 Å². The number of carbonyl (C=O) groups is 3. The molecule has 0 bridgehead atoms. The number of nitrogens with zero attached hydrogens (tertiary/aromatic N) is 1. The minimum absolute atomic E-state index is 0.0101. The van der Waals surface area contributed by atoms with E-state index in [1.165, 1.54) is 0 Å². The first-order chi connectivity index (χ1) is 10.1. The maximum Gasteiger partial charge on any atom is 0.306 e. The molecule has 0 aromatic carbocycles. The van der Waals surface area contributed by atoms with Crippen LogP contribution in [0.1, 0.15) is 38.5 Å². The Labute approximate surface area is 123 Å². The number of carboxylic acid groups (broad SMARTS) is 1. The van der Waals surface area contributed by atoms with Crippen molar-refractivity contribution in [3.05, 3.63) is 0 Å². The van der Waals surface area contributed by atoms with Crippen molar-refractivity contribution in [1.29, 1.82) is 0 Å². The highest BCUT2D eigenvalue weighted by Gasteiger charge is 2.44. The number of likely N-dealkylation sites (tertiary alicyclic amines) is 1. The highest BCUT2D eigenvalue weighted by Crippen LogP contribution is 2.34. The average molecular weight is 294 g/mol. The van der Waals surface area contributed by atoms with Crippen LogP contribution in [0.3, 0.4) is 0 Å². The van der Waals surface area contributed by atoms with Crippen molar-refractivity contribution in [3.63, 3.8) is 0 Å². The molecule has 2 saturated heterocycles. The van der Waals surface area contributed by atoms with Gasteiger partial charge in [0.05, 0.1) is 17.9 Å². The zero-order valence-electron chi connectivity index (χ0n) is 12.1. The van der Waals surface area contributed by atoms with Crippen molar-refractivity contribution in [3.8, 4) is 0 Å². The third-order valence-electron chi connectivity index (χ3n) is 5.31. The SMILES string of the molecule is O=C(O)C1CCC(C(=O)N2CCCC3C(=O)NCC32)CC1. The summed E-state index contributed by atoms with van der Waals surface area (Å²) in [7, 11) is 0. The molecule has 0 aromatic rings. The maximum atomic E-state index is 12.7. The summed E-state index contributed by atoms with van der Waals surface area (Å²) in [6.07, 6.45) is 4.24. The molecule has 2 unspecified atom stereocenters. The zero-order chi connectivity index (χ0) is 15.0. The number of carbonyl (C=O) groups excluding carboxylic acids is 2. The molecule has 0 radical (unpaired) electrons. The van der Waals surface area contributed by atoms with Gasteiger partial charge >= 0.3 is 5.97 Å². The third-order valence-corrected chi connectivity index (χ3v) is 5.31. The molecule has 3 fully saturated rings. The zero-order valence-corrected chi connectivity index (χ0v) is 12.1. The Hall–Kier alpha value is -1.59. The third kappa shape index (κ3) is 2.63. The highest BCUT2D eigenvalue weighted by molar-refractivity contribution is 5.85. The van der Waals surface area contributed by atoms with Crippen LogP contribution in [0, 0.1) is 17.8 Å². The van der Waals surface area contributed by atoms with Gasteiger partial charge in [-0.25, -0.2) is 0 Å². The number of hydrogen-bond acceptors (Lipinski definition) is 3. The number of carboxylic acids is 1. The summed E-state index contributed by atoms with van der Waals surface area (Å²) in [5.41, 5.74) is 0. The van der Waals surface area contributed by atoms with Gasteiger partial charge in [-0.3, -0.25) is 14.4 Å². The first-order valence-electron chi connectivity index (χ1n) is 7.89. The van der Waals surface area contributed by atoms with Crippen molar-refractivity contribution < 1.29 is 19.5 Å². The molecule has 3 aliphatic rings. The van der Waals surface area contributed by atoms with E-state index in [2.05, 4.69) is 5.32 Å². The van der Waals surface area contributed by atoms with E-state index in [4.69, 9.17) is 5.11 Å². The molecule has 6 nitrogen and oxygen atoms in total. The Morgan fingerprint density at radius 3 is 2.43 bits per heavy atom. The fraction of sp³-hybridized carbons (Fsp3) is 0.800. The number of aliphatic carboxylic acids is 1. The van der Waals surface area contributed by atoms with Gasteiger partial charge in [-0.15, -0.1) is 0 Å². The molecule has 2 N–H and O–H groups in total. The smallest absolute Gasteiger partial charge is 0.306 e. The second-order valence-corrected chi connectivity index (χ2v) is 6.48. The van der Waals surface area contributed by atoms with Crippen LogP contribution < -0.4 is 5.32 Å². The van der Waals surface area contributed by atoms with Gasteiger partial charge in [0.15, 0.2) is 0 Å². The fourth-order valence-electron chi connectivity index (χ4n) is 4.05. The van der Waals surface area contributed by atoms with Crippen LogP contribution in [0.2, 0.25) is 0 Å². The maximum absolute atomic E-state index is 12.7. The van der Waals surface area contributed by atoms with Gasteiger partial charge in [0.1, 0.15) is 0 Å². The molecular formula is C15H22N2O4. The standard InChI is InChI=1S/C15H22N2O4/c18-13-11-2-1-7-17(12(11)8-16-13)14(19)9-3-5-10(6-4-9)15(20)21/h9-12H,1-8H2,(H,16,18)(H,20,21). The molecule has 2 aliphatic heterocycles. The summed E-state index contributed by atoms with van der Waals surface area (Å²) in [6, 6.07) is 0.0101. The highest BCUT2D eigenvalue weighted by atomic mass is 16.4. The van der Waals surface area contributed by atoms with E-state index in [1.807, 2.05) is 4.90 Å². The van der Waals surface area contributed by atoms with Crippen molar-refractivity contribution >= 4 is 17.8 Å². The Balaban J connectivity index is 1.63. The van der Waals surface area contributed by atoms with E-state index in [-0.39, 0.29) is 35.6 Å². The van der Waals surface area contributed by atoms with Gasteiger partial charge < -0.3 is 15.3 Å². The van der Waals surface area contributed by atoms with E-state index in [0.29, 0.717) is 32.2 Å². The Kier molecular flexibility index (Phi) is 3.87. The molecule has 6 heteroatoms. The predicted molar refractivity (Wildman–Crippen MR) is 74.3 cm³/mol. The van der Waals surface area contributed by atoms with Gasteiger partial charge in [0, 0.05) is 19.0 Å². The molecule has 1 aliphatic carbocycles. The molecule has 116 valence electrons. The molecule has 1 saturated carbocycles. The summed E-state index contributed by atoms with van der Waals surface area (Å²) in [5, 5.41) is 11.9. The lowest BCUT2D eigenvalue weighted by Gasteiger charge is -2.39. The monoisotopic (exact) mass is 294 g/mol. The number of rotatable bonds is 2. The van der Waals surface area contributed by atoms with Crippen LogP contribution in [0.15, 0.2) is 0 Å². The van der Waals surface area contributed by atoms with Crippen LogP contribution in [0.4, 0.5) is 0 Å². The number of fused-ring (bicyclic) bond motifs is 1. The number of nitrogens with one attached hydrogen (secondary N) is 1. The average Bonchev–Trinajstić information content (AvgIpc) is 2.88. The minimum Gasteiger partial charge on any atom is -0.481 e. The van der Waals surface area contributed by atoms with Crippen LogP contribution >= 0.6 is 0 Å². The Bertz CT molecular complexity index is 457. The minimum atomic E-state index is -0.746. The largest absolute Gasteiger partial charge is 0.481 e. The first kappa shape index (κ1) is 14.4. The van der Waals surface area contributed by atoms with E-state index in [1.54, 1.807) is 0 Å². The lowest BCUT2D eigenvalue weighted by molar-refractivity contribution is -0.147. The number of piperidine rings is 1. The molecule has 0 spiro atoms. The lowest BCUT2D eigenvalue weighted by Crippen LogP contribution is -2.51. The molecule has 3 rings (SSSR count). The molecule has 21 heavy (non-hydrogen) atoms. The normalized spacial score (nSPS) is 36.0. The van der Waals surface area contributed by atoms with E-state index < -0.39 is 5.97 Å². The second-order valence-electron chi connectivity index (χ2n) is 6.48. The number of hydrogen-bond donors (Lipinski definition) is 2. The van der Waals surface area contributed by atoms with Gasteiger partial charge in [0.2, 0.25) is 11.8 Å². The molecule has 2 amide bonds. The van der Waals surface area contributed by atoms with Crippen molar-refractivity contribution in [2.75, 3.05) is 13.1 Å². The van der Waals surface area contributed by atoms with Gasteiger partial charge in [-0.1, -0.05) is 0 Å². The Morgan fingerprint density at radius 1 is 1.10 bits per heavy atom. The van der Waals surface area contributed by atoms with Gasteiger partial charge in [-0.2, -0.15) is 0 Å². The van der Waals surface area contributed by atoms with E-state index in [0.717, 1.165) is 19.4 Å². The summed E-state index contributed by atoms with van der Waals surface area (Å²) in [5.74, 6) is -0.937. The Morgan fingerprint density at radius 2 is 1.76 bits per heavy atom.